The molecule has 2 aromatic rings. The molecule has 0 aromatic heterocycles. The third kappa shape index (κ3) is 4.74. The van der Waals surface area contributed by atoms with E-state index in [-0.39, 0.29) is 23.1 Å². The number of hydrogen-bond acceptors (Lipinski definition) is 5. The van der Waals surface area contributed by atoms with Gasteiger partial charge in [0.05, 0.1) is 11.5 Å². The third-order valence-electron chi connectivity index (χ3n) is 6.06. The lowest BCUT2D eigenvalue weighted by atomic mass is 10.1. The average Bonchev–Trinajstić information content (AvgIpc) is 3.20. The Morgan fingerprint density at radius 1 is 1.06 bits per heavy atom. The van der Waals surface area contributed by atoms with Gasteiger partial charge in [-0.3, -0.25) is 14.5 Å². The summed E-state index contributed by atoms with van der Waals surface area (Å²) in [5, 5.41) is 2.85. The summed E-state index contributed by atoms with van der Waals surface area (Å²) in [5.41, 5.74) is 1.85. The van der Waals surface area contributed by atoms with Gasteiger partial charge in [-0.25, -0.2) is 8.42 Å². The van der Waals surface area contributed by atoms with E-state index >= 15 is 0 Å². The maximum absolute atomic E-state index is 13.1. The van der Waals surface area contributed by atoms with Crippen molar-refractivity contribution < 1.29 is 22.7 Å². The second-order valence-corrected chi connectivity index (χ2v) is 10.2. The molecule has 2 heterocycles. The van der Waals surface area contributed by atoms with Gasteiger partial charge in [-0.05, 0) is 67.8 Å². The van der Waals surface area contributed by atoms with Crippen LogP contribution in [-0.2, 0) is 26.0 Å². The van der Waals surface area contributed by atoms with Gasteiger partial charge in [-0.2, -0.15) is 4.31 Å². The number of rotatable bonds is 6. The highest BCUT2D eigenvalue weighted by atomic mass is 32.2. The minimum Gasteiger partial charge on any atom is -0.494 e. The first kappa shape index (κ1) is 23.3. The standard InChI is InChI=1S/C24H29N3O5S/c1-3-32-20-9-7-19(8-10-20)25-24(29)23-16-18-15-21(11-12-22(18)27(23)17(2)28)33(30,31)26-13-5-4-6-14-26/h7-12,15,23H,3-6,13-14,16H2,1-2H3,(H,25,29)/t23-/m1/s1. The zero-order valence-corrected chi connectivity index (χ0v) is 19.7. The molecule has 2 aliphatic rings. The summed E-state index contributed by atoms with van der Waals surface area (Å²) in [6, 6.07) is 11.0. The molecule has 1 atom stereocenters. The Balaban J connectivity index is 1.56. The fourth-order valence-electron chi connectivity index (χ4n) is 4.47. The number of nitrogens with zero attached hydrogens (tertiary/aromatic N) is 2. The summed E-state index contributed by atoms with van der Waals surface area (Å²) < 4.78 is 33.1. The molecule has 2 aliphatic heterocycles. The number of anilines is 2. The van der Waals surface area contributed by atoms with E-state index in [4.69, 9.17) is 4.74 Å². The first-order chi connectivity index (χ1) is 15.8. The van der Waals surface area contributed by atoms with E-state index in [2.05, 4.69) is 5.32 Å². The first-order valence-electron chi connectivity index (χ1n) is 11.3. The molecule has 1 N–H and O–H groups in total. The summed E-state index contributed by atoms with van der Waals surface area (Å²) >= 11 is 0. The van der Waals surface area contributed by atoms with Crippen molar-refractivity contribution in [1.29, 1.82) is 0 Å². The fraction of sp³-hybridized carbons (Fsp3) is 0.417. The van der Waals surface area contributed by atoms with Gasteiger partial charge in [0.2, 0.25) is 21.8 Å². The van der Waals surface area contributed by atoms with Crippen LogP contribution in [0.15, 0.2) is 47.4 Å². The smallest absolute Gasteiger partial charge is 0.247 e. The lowest BCUT2D eigenvalue weighted by Gasteiger charge is -2.26. The number of hydrogen-bond donors (Lipinski definition) is 1. The maximum atomic E-state index is 13.1. The predicted octanol–water partition coefficient (Wildman–Crippen LogP) is 3.18. The molecule has 33 heavy (non-hydrogen) atoms. The Morgan fingerprint density at radius 2 is 1.76 bits per heavy atom. The Hall–Kier alpha value is -2.91. The monoisotopic (exact) mass is 471 g/mol. The van der Waals surface area contributed by atoms with E-state index in [1.54, 1.807) is 36.4 Å². The molecule has 0 radical (unpaired) electrons. The van der Waals surface area contributed by atoms with E-state index in [0.29, 0.717) is 42.4 Å². The van der Waals surface area contributed by atoms with Gasteiger partial charge in [0.25, 0.3) is 0 Å². The average molecular weight is 472 g/mol. The van der Waals surface area contributed by atoms with Crippen LogP contribution in [0.4, 0.5) is 11.4 Å². The Bertz CT molecular complexity index is 1140. The van der Waals surface area contributed by atoms with Crippen molar-refractivity contribution in [2.24, 2.45) is 0 Å². The number of amides is 2. The zero-order valence-electron chi connectivity index (χ0n) is 18.9. The van der Waals surface area contributed by atoms with Crippen LogP contribution in [0.1, 0.15) is 38.7 Å². The second kappa shape index (κ2) is 9.52. The number of piperidine rings is 1. The number of fused-ring (bicyclic) bond motifs is 1. The van der Waals surface area contributed by atoms with Crippen molar-refractivity contribution in [2.75, 3.05) is 29.9 Å². The normalized spacial score (nSPS) is 18.6. The molecule has 4 rings (SSSR count). The third-order valence-corrected chi connectivity index (χ3v) is 7.96. The zero-order chi connectivity index (χ0) is 23.6. The molecule has 1 saturated heterocycles. The van der Waals surface area contributed by atoms with Gasteiger partial charge >= 0.3 is 0 Å². The molecule has 0 saturated carbocycles. The Morgan fingerprint density at radius 3 is 2.39 bits per heavy atom. The number of benzene rings is 2. The molecule has 2 amide bonds. The highest BCUT2D eigenvalue weighted by molar-refractivity contribution is 7.89. The second-order valence-electron chi connectivity index (χ2n) is 8.31. The summed E-state index contributed by atoms with van der Waals surface area (Å²) in [7, 11) is -3.60. The molecule has 9 heteroatoms. The van der Waals surface area contributed by atoms with E-state index in [1.165, 1.54) is 22.2 Å². The molecule has 1 fully saturated rings. The van der Waals surface area contributed by atoms with Gasteiger partial charge in [-0.1, -0.05) is 6.42 Å². The van der Waals surface area contributed by atoms with Gasteiger partial charge in [0.1, 0.15) is 11.8 Å². The van der Waals surface area contributed by atoms with E-state index in [9.17, 15) is 18.0 Å². The summed E-state index contributed by atoms with van der Waals surface area (Å²) in [6.07, 6.45) is 3.00. The molecule has 0 unspecified atom stereocenters. The molecule has 2 aromatic carbocycles. The Labute approximate surface area is 194 Å². The molecular formula is C24H29N3O5S. The molecule has 176 valence electrons. The van der Waals surface area contributed by atoms with Gasteiger partial charge < -0.3 is 10.1 Å². The SMILES string of the molecule is CCOc1ccc(NC(=O)[C@H]2Cc3cc(S(=O)(=O)N4CCCCC4)ccc3N2C(C)=O)cc1. The first-order valence-corrected chi connectivity index (χ1v) is 12.7. The van der Waals surface area contributed by atoms with Crippen molar-refractivity contribution >= 4 is 33.2 Å². The molecule has 0 aliphatic carbocycles. The largest absolute Gasteiger partial charge is 0.494 e. The van der Waals surface area contributed by atoms with Crippen LogP contribution in [0.2, 0.25) is 0 Å². The predicted molar refractivity (Wildman–Crippen MR) is 126 cm³/mol. The van der Waals surface area contributed by atoms with Gasteiger partial charge in [0, 0.05) is 37.8 Å². The fourth-order valence-corrected chi connectivity index (χ4v) is 6.04. The van der Waals surface area contributed by atoms with Crippen LogP contribution in [0.5, 0.6) is 5.75 Å². The van der Waals surface area contributed by atoms with Crippen LogP contribution in [-0.4, -0.2) is 50.3 Å². The molecule has 0 bridgehead atoms. The van der Waals surface area contributed by atoms with Crippen LogP contribution in [0, 0.1) is 0 Å². The number of ether oxygens (including phenoxy) is 1. The van der Waals surface area contributed by atoms with Gasteiger partial charge in [0.15, 0.2) is 0 Å². The summed E-state index contributed by atoms with van der Waals surface area (Å²) in [4.78, 5) is 27.1. The summed E-state index contributed by atoms with van der Waals surface area (Å²) in [5.74, 6) is 0.106. The van der Waals surface area contributed by atoms with E-state index in [1.807, 2.05) is 6.92 Å². The number of carbonyl (C=O) groups is 2. The van der Waals surface area contributed by atoms with Crippen molar-refractivity contribution in [2.45, 2.75) is 50.5 Å². The van der Waals surface area contributed by atoms with Crippen molar-refractivity contribution in [3.63, 3.8) is 0 Å². The highest BCUT2D eigenvalue weighted by Crippen LogP contribution is 2.35. The van der Waals surface area contributed by atoms with Crippen molar-refractivity contribution in [1.82, 2.24) is 4.31 Å². The lowest BCUT2D eigenvalue weighted by molar-refractivity contribution is -0.122. The van der Waals surface area contributed by atoms with Crippen LogP contribution in [0.3, 0.4) is 0 Å². The quantitative estimate of drug-likeness (QED) is 0.698. The molecule has 0 spiro atoms. The van der Waals surface area contributed by atoms with E-state index in [0.717, 1.165) is 19.3 Å². The minimum absolute atomic E-state index is 0.208. The number of sulfonamides is 1. The summed E-state index contributed by atoms with van der Waals surface area (Å²) in [6.45, 7) is 4.89. The van der Waals surface area contributed by atoms with Crippen molar-refractivity contribution in [3.8, 4) is 5.75 Å². The van der Waals surface area contributed by atoms with Crippen molar-refractivity contribution in [3.05, 3.63) is 48.0 Å². The van der Waals surface area contributed by atoms with Crippen LogP contribution in [0.25, 0.3) is 0 Å². The van der Waals surface area contributed by atoms with Crippen LogP contribution >= 0.6 is 0 Å². The lowest BCUT2D eigenvalue weighted by Crippen LogP contribution is -2.44. The van der Waals surface area contributed by atoms with Gasteiger partial charge in [-0.15, -0.1) is 0 Å². The number of carbonyl (C=O) groups excluding carboxylic acids is 2. The van der Waals surface area contributed by atoms with Crippen LogP contribution < -0.4 is 15.0 Å². The Kier molecular flexibility index (Phi) is 6.71. The molecular weight excluding hydrogens is 442 g/mol. The maximum Gasteiger partial charge on any atom is 0.247 e. The highest BCUT2D eigenvalue weighted by Gasteiger charge is 2.38. The van der Waals surface area contributed by atoms with E-state index < -0.39 is 16.1 Å². The topological polar surface area (TPSA) is 96.0 Å². The molecule has 8 nitrogen and oxygen atoms in total. The minimum atomic E-state index is -3.60. The number of nitrogens with one attached hydrogen (secondary N) is 1.